The quantitative estimate of drug-likeness (QED) is 0.446. The summed E-state index contributed by atoms with van der Waals surface area (Å²) in [6, 6.07) is 0. The molecule has 3 heteroatoms. The Balaban J connectivity index is 0. The van der Waals surface area contributed by atoms with E-state index >= 15 is 0 Å². The third kappa shape index (κ3) is 26.2. The lowest BCUT2D eigenvalue weighted by molar-refractivity contribution is -0.118. The Morgan fingerprint density at radius 1 is 1.45 bits per heavy atom. The second kappa shape index (κ2) is 6.31. The molecule has 0 atom stereocenters. The number of nitrogens with two attached hydrogens (primary N) is 1. The van der Waals surface area contributed by atoms with E-state index in [9.17, 15) is 4.79 Å². The first-order chi connectivity index (χ1) is 4.83. The van der Waals surface area contributed by atoms with E-state index < -0.39 is 0 Å². The Labute approximate surface area is 69.3 Å². The molecule has 0 aliphatic rings. The van der Waals surface area contributed by atoms with Gasteiger partial charge in [-0.15, -0.1) is 0 Å². The van der Waals surface area contributed by atoms with Crippen LogP contribution in [0.25, 0.3) is 0 Å². The van der Waals surface area contributed by atoms with E-state index in [1.807, 2.05) is 0 Å². The summed E-state index contributed by atoms with van der Waals surface area (Å²) < 4.78 is 0. The maximum atomic E-state index is 10.5. The number of carbonyl (C=O) groups is 1. The van der Waals surface area contributed by atoms with Gasteiger partial charge in [0.25, 0.3) is 0 Å². The number of Topliss-reactive ketones (excluding diaryl/α,β-unsaturated/α-hetero) is 1. The molecular formula is C8H20N2O. The largest absolute Gasteiger partial charge is 0.300 e. The van der Waals surface area contributed by atoms with Gasteiger partial charge in [0, 0.05) is 6.42 Å². The van der Waals surface area contributed by atoms with Crippen molar-refractivity contribution in [3.63, 3.8) is 0 Å². The molecule has 0 aliphatic carbocycles. The minimum absolute atomic E-state index is 0.172. The monoisotopic (exact) mass is 160 g/mol. The third-order valence-corrected chi connectivity index (χ3v) is 0.779. The predicted molar refractivity (Wildman–Crippen MR) is 48.0 cm³/mol. The van der Waals surface area contributed by atoms with Crippen LogP contribution in [-0.4, -0.2) is 12.8 Å². The Morgan fingerprint density at radius 3 is 1.73 bits per heavy atom. The zero-order valence-corrected chi connectivity index (χ0v) is 8.19. The van der Waals surface area contributed by atoms with Gasteiger partial charge in [-0.25, -0.2) is 0 Å². The van der Waals surface area contributed by atoms with E-state index in [2.05, 4.69) is 32.0 Å². The van der Waals surface area contributed by atoms with E-state index in [1.165, 1.54) is 0 Å². The summed E-state index contributed by atoms with van der Waals surface area (Å²) in [5.41, 5.74) is 2.42. The molecular weight excluding hydrogens is 140 g/mol. The summed E-state index contributed by atoms with van der Waals surface area (Å²) in [5, 5.41) is 0. The van der Waals surface area contributed by atoms with Crippen LogP contribution in [0.3, 0.4) is 0 Å². The molecule has 0 saturated heterocycles. The van der Waals surface area contributed by atoms with Crippen LogP contribution in [0.1, 0.15) is 34.1 Å². The van der Waals surface area contributed by atoms with E-state index in [0.717, 1.165) is 0 Å². The normalized spacial score (nSPS) is 10.0. The minimum Gasteiger partial charge on any atom is -0.300 e. The van der Waals surface area contributed by atoms with Crippen molar-refractivity contribution in [3.8, 4) is 0 Å². The fourth-order valence-corrected chi connectivity index (χ4v) is 0.747. The van der Waals surface area contributed by atoms with E-state index in [1.54, 1.807) is 14.0 Å². The minimum atomic E-state index is 0.172. The number of carbonyl (C=O) groups excluding carboxylic acids is 1. The highest BCUT2D eigenvalue weighted by Crippen LogP contribution is 2.17. The molecule has 0 saturated carbocycles. The van der Waals surface area contributed by atoms with Crippen LogP contribution in [0, 0.1) is 5.41 Å². The van der Waals surface area contributed by atoms with Gasteiger partial charge in [0.2, 0.25) is 0 Å². The maximum Gasteiger partial charge on any atom is 0.130 e. The van der Waals surface area contributed by atoms with E-state index in [4.69, 9.17) is 0 Å². The third-order valence-electron chi connectivity index (χ3n) is 0.779. The zero-order valence-electron chi connectivity index (χ0n) is 8.19. The molecule has 3 N–H and O–H groups in total. The van der Waals surface area contributed by atoms with Crippen molar-refractivity contribution < 1.29 is 4.79 Å². The molecule has 0 bridgehead atoms. The lowest BCUT2D eigenvalue weighted by Crippen LogP contribution is -2.13. The summed E-state index contributed by atoms with van der Waals surface area (Å²) in [6.07, 6.45) is 0.687. The number of rotatable bonds is 1. The van der Waals surface area contributed by atoms with Crippen LogP contribution >= 0.6 is 0 Å². The highest BCUT2D eigenvalue weighted by Gasteiger charge is 2.11. The molecule has 11 heavy (non-hydrogen) atoms. The van der Waals surface area contributed by atoms with Gasteiger partial charge in [-0.3, -0.25) is 11.3 Å². The lowest BCUT2D eigenvalue weighted by atomic mass is 9.91. The van der Waals surface area contributed by atoms with Crippen molar-refractivity contribution in [1.82, 2.24) is 5.43 Å². The van der Waals surface area contributed by atoms with Gasteiger partial charge < -0.3 is 4.79 Å². The van der Waals surface area contributed by atoms with Crippen LogP contribution in [0.15, 0.2) is 0 Å². The number of nitrogens with one attached hydrogen (secondary N) is 1. The number of hydrogen-bond donors (Lipinski definition) is 2. The van der Waals surface area contributed by atoms with Gasteiger partial charge >= 0.3 is 0 Å². The Kier molecular flexibility index (Phi) is 7.57. The van der Waals surface area contributed by atoms with Crippen LogP contribution in [-0.2, 0) is 4.79 Å². The molecule has 68 valence electrons. The molecule has 0 amide bonds. The summed E-state index contributed by atoms with van der Waals surface area (Å²) in [5.74, 6) is 4.87. The maximum absolute atomic E-state index is 10.5. The molecule has 0 fully saturated rings. The molecule has 0 aromatic heterocycles. The zero-order chi connectivity index (χ0) is 9.49. The van der Waals surface area contributed by atoms with Crippen LogP contribution in [0.2, 0.25) is 0 Å². The topological polar surface area (TPSA) is 55.1 Å². The van der Waals surface area contributed by atoms with Gasteiger partial charge in [0.15, 0.2) is 0 Å². The van der Waals surface area contributed by atoms with Crippen molar-refractivity contribution in [1.29, 1.82) is 0 Å². The molecule has 0 radical (unpaired) electrons. The Morgan fingerprint density at radius 2 is 1.73 bits per heavy atom. The Hall–Kier alpha value is -0.410. The van der Waals surface area contributed by atoms with Crippen LogP contribution < -0.4 is 11.3 Å². The van der Waals surface area contributed by atoms with Gasteiger partial charge in [-0.1, -0.05) is 20.8 Å². The van der Waals surface area contributed by atoms with E-state index in [0.29, 0.717) is 6.42 Å². The average molecular weight is 160 g/mol. The molecule has 0 heterocycles. The lowest BCUT2D eigenvalue weighted by Gasteiger charge is -2.14. The van der Waals surface area contributed by atoms with Crippen molar-refractivity contribution in [2.75, 3.05) is 7.05 Å². The SMILES string of the molecule is CC(=O)CC(C)(C)C.CNN. The fraction of sp³-hybridized carbons (Fsp3) is 0.875. The smallest absolute Gasteiger partial charge is 0.130 e. The van der Waals surface area contributed by atoms with Gasteiger partial charge in [0.1, 0.15) is 5.78 Å². The first kappa shape index (κ1) is 13.2. The standard InChI is InChI=1S/C7H14O.CH6N2/c1-6(8)5-7(2,3)4;1-3-2/h5H2,1-4H3;3H,2H2,1H3. The molecule has 0 unspecified atom stereocenters. The fourth-order valence-electron chi connectivity index (χ4n) is 0.747. The summed E-state index contributed by atoms with van der Waals surface area (Å²) in [6.45, 7) is 7.82. The molecule has 0 spiro atoms. The van der Waals surface area contributed by atoms with Gasteiger partial charge in [-0.2, -0.15) is 0 Å². The number of hydrogen-bond acceptors (Lipinski definition) is 3. The molecule has 0 rings (SSSR count). The summed E-state index contributed by atoms with van der Waals surface area (Å²) in [4.78, 5) is 10.5. The molecule has 0 aromatic carbocycles. The molecule has 0 aliphatic heterocycles. The highest BCUT2D eigenvalue weighted by molar-refractivity contribution is 5.76. The van der Waals surface area contributed by atoms with Crippen molar-refractivity contribution in [2.24, 2.45) is 11.3 Å². The summed E-state index contributed by atoms with van der Waals surface area (Å²) >= 11 is 0. The Bertz CT molecular complexity index is 105. The summed E-state index contributed by atoms with van der Waals surface area (Å²) in [7, 11) is 1.65. The number of hydrazine groups is 1. The number of ketones is 1. The van der Waals surface area contributed by atoms with E-state index in [-0.39, 0.29) is 11.2 Å². The van der Waals surface area contributed by atoms with Crippen molar-refractivity contribution in [2.45, 2.75) is 34.1 Å². The van der Waals surface area contributed by atoms with Crippen LogP contribution in [0.4, 0.5) is 0 Å². The van der Waals surface area contributed by atoms with Crippen LogP contribution in [0.5, 0.6) is 0 Å². The first-order valence-electron chi connectivity index (χ1n) is 3.70. The van der Waals surface area contributed by atoms with Crippen molar-refractivity contribution in [3.05, 3.63) is 0 Å². The predicted octanol–water partition coefficient (Wildman–Crippen LogP) is 1.09. The highest BCUT2D eigenvalue weighted by atomic mass is 16.1. The second-order valence-electron chi connectivity index (χ2n) is 3.73. The van der Waals surface area contributed by atoms with Crippen molar-refractivity contribution >= 4 is 5.78 Å². The second-order valence-corrected chi connectivity index (χ2v) is 3.73. The average Bonchev–Trinajstić information content (AvgIpc) is 1.57. The van der Waals surface area contributed by atoms with Gasteiger partial charge in [-0.05, 0) is 19.4 Å². The van der Waals surface area contributed by atoms with Gasteiger partial charge in [0.05, 0.1) is 0 Å². The molecule has 3 nitrogen and oxygen atoms in total. The first-order valence-corrected chi connectivity index (χ1v) is 3.70. The molecule has 0 aromatic rings.